The van der Waals surface area contributed by atoms with Gasteiger partial charge in [-0.2, -0.15) is 0 Å². The van der Waals surface area contributed by atoms with E-state index in [1.165, 1.54) is 0 Å². The number of esters is 1. The summed E-state index contributed by atoms with van der Waals surface area (Å²) in [6.45, 7) is 9.70. The lowest BCUT2D eigenvalue weighted by Crippen LogP contribution is -2.59. The van der Waals surface area contributed by atoms with Crippen molar-refractivity contribution < 1.29 is 24.5 Å². The first-order chi connectivity index (χ1) is 13.5. The molecule has 0 radical (unpaired) electrons. The minimum atomic E-state index is -1.56. The third-order valence-corrected chi connectivity index (χ3v) is 7.71. The van der Waals surface area contributed by atoms with E-state index < -0.39 is 34.8 Å². The van der Waals surface area contributed by atoms with Crippen LogP contribution in [0, 0.1) is 17.3 Å². The van der Waals surface area contributed by atoms with Crippen molar-refractivity contribution in [3.05, 3.63) is 47.0 Å². The first-order valence-corrected chi connectivity index (χ1v) is 10.5. The minimum absolute atomic E-state index is 0.166. The lowest BCUT2D eigenvalue weighted by molar-refractivity contribution is -0.181. The zero-order chi connectivity index (χ0) is 21.2. The Labute approximate surface area is 172 Å². The van der Waals surface area contributed by atoms with Gasteiger partial charge in [-0.05, 0) is 51.2 Å². The number of allylic oxidation sites excluding steroid dienone is 1. The second-order valence-electron chi connectivity index (χ2n) is 9.91. The summed E-state index contributed by atoms with van der Waals surface area (Å²) >= 11 is 0. The Bertz CT molecular complexity index is 840. The molecule has 2 N–H and O–H groups in total. The standard InChI is InChI=1S/C24H32O5/c1-14-11-17-19(15(14)2)20-24(27,22(3,4)21(25)29-20)18(12-23(17,5)26)28-13-16-9-7-6-8-10-16/h6-10,14,17-18,20,26-27H,11-13H2,1-5H3/t14-,17+,18-,20+,23+,24-/m1/s1. The Hall–Kier alpha value is -1.69. The zero-order valence-corrected chi connectivity index (χ0v) is 17.9. The molecule has 0 unspecified atom stereocenters. The summed E-state index contributed by atoms with van der Waals surface area (Å²) in [5.41, 5.74) is -0.807. The third kappa shape index (κ3) is 2.89. The Morgan fingerprint density at radius 3 is 2.48 bits per heavy atom. The Morgan fingerprint density at radius 2 is 1.83 bits per heavy atom. The highest BCUT2D eigenvalue weighted by Crippen LogP contribution is 2.58. The molecule has 4 rings (SSSR count). The fourth-order valence-electron chi connectivity index (χ4n) is 5.53. The Morgan fingerprint density at radius 1 is 1.17 bits per heavy atom. The number of ether oxygens (including phenoxy) is 2. The summed E-state index contributed by atoms with van der Waals surface area (Å²) in [7, 11) is 0. The first kappa shape index (κ1) is 20.6. The fourth-order valence-corrected chi connectivity index (χ4v) is 5.53. The van der Waals surface area contributed by atoms with Crippen molar-refractivity contribution >= 4 is 5.97 Å². The average Bonchev–Trinajstić information content (AvgIpc) is 3.03. The van der Waals surface area contributed by atoms with Crippen LogP contribution in [0.2, 0.25) is 0 Å². The van der Waals surface area contributed by atoms with Gasteiger partial charge in [0.25, 0.3) is 0 Å². The van der Waals surface area contributed by atoms with Crippen molar-refractivity contribution in [1.29, 1.82) is 0 Å². The molecule has 3 aliphatic rings. The molecule has 0 bridgehead atoms. The molecule has 2 aliphatic carbocycles. The van der Waals surface area contributed by atoms with Crippen molar-refractivity contribution in [2.75, 3.05) is 0 Å². The maximum atomic E-state index is 12.8. The molecule has 1 aliphatic heterocycles. The van der Waals surface area contributed by atoms with Gasteiger partial charge in [-0.15, -0.1) is 0 Å². The van der Waals surface area contributed by atoms with Gasteiger partial charge < -0.3 is 19.7 Å². The van der Waals surface area contributed by atoms with Gasteiger partial charge in [0.15, 0.2) is 6.10 Å². The molecule has 0 amide bonds. The quantitative estimate of drug-likeness (QED) is 0.601. The maximum Gasteiger partial charge on any atom is 0.315 e. The van der Waals surface area contributed by atoms with E-state index in [9.17, 15) is 15.0 Å². The highest BCUT2D eigenvalue weighted by Gasteiger charge is 2.71. The molecule has 5 nitrogen and oxygen atoms in total. The topological polar surface area (TPSA) is 76.0 Å². The van der Waals surface area contributed by atoms with Gasteiger partial charge in [0.05, 0.1) is 23.7 Å². The van der Waals surface area contributed by atoms with Crippen LogP contribution in [-0.2, 0) is 20.9 Å². The lowest BCUT2D eigenvalue weighted by atomic mass is 9.68. The monoisotopic (exact) mass is 400 g/mol. The number of carbonyl (C=O) groups excluding carboxylic acids is 1. The number of aliphatic hydroxyl groups is 2. The number of benzene rings is 1. The minimum Gasteiger partial charge on any atom is -0.454 e. The summed E-state index contributed by atoms with van der Waals surface area (Å²) in [5.74, 6) is -0.311. The second kappa shape index (κ2) is 6.66. The van der Waals surface area contributed by atoms with E-state index in [4.69, 9.17) is 9.47 Å². The van der Waals surface area contributed by atoms with Crippen molar-refractivity contribution in [2.45, 2.75) is 77.5 Å². The van der Waals surface area contributed by atoms with Crippen LogP contribution in [0.25, 0.3) is 0 Å². The summed E-state index contributed by atoms with van der Waals surface area (Å²) in [5, 5.41) is 23.6. The number of hydrogen-bond donors (Lipinski definition) is 2. The van der Waals surface area contributed by atoms with Gasteiger partial charge in [-0.3, -0.25) is 4.79 Å². The van der Waals surface area contributed by atoms with Crippen molar-refractivity contribution in [3.63, 3.8) is 0 Å². The molecule has 2 fully saturated rings. The highest BCUT2D eigenvalue weighted by molar-refractivity contribution is 5.82. The summed E-state index contributed by atoms with van der Waals surface area (Å²) < 4.78 is 12.1. The van der Waals surface area contributed by atoms with E-state index in [0.717, 1.165) is 23.1 Å². The maximum absolute atomic E-state index is 12.8. The van der Waals surface area contributed by atoms with Crippen molar-refractivity contribution in [3.8, 4) is 0 Å². The molecule has 6 atom stereocenters. The fraction of sp³-hybridized carbons (Fsp3) is 0.625. The summed E-state index contributed by atoms with van der Waals surface area (Å²) in [6.07, 6.45) is -0.523. The van der Waals surface area contributed by atoms with Gasteiger partial charge in [-0.1, -0.05) is 42.8 Å². The molecule has 1 aromatic rings. The van der Waals surface area contributed by atoms with E-state index in [1.807, 2.05) is 44.2 Å². The molecule has 29 heavy (non-hydrogen) atoms. The highest BCUT2D eigenvalue weighted by atomic mass is 16.6. The summed E-state index contributed by atoms with van der Waals surface area (Å²) in [4.78, 5) is 12.8. The van der Waals surface area contributed by atoms with Crippen LogP contribution in [0.1, 0.15) is 53.0 Å². The van der Waals surface area contributed by atoms with Gasteiger partial charge >= 0.3 is 5.97 Å². The van der Waals surface area contributed by atoms with E-state index in [1.54, 1.807) is 13.8 Å². The van der Waals surface area contributed by atoms with Crippen LogP contribution in [0.3, 0.4) is 0 Å². The van der Waals surface area contributed by atoms with Crippen LogP contribution in [0.15, 0.2) is 41.5 Å². The molecule has 158 valence electrons. The molecule has 1 saturated carbocycles. The van der Waals surface area contributed by atoms with E-state index in [-0.39, 0.29) is 18.3 Å². The van der Waals surface area contributed by atoms with E-state index >= 15 is 0 Å². The Kier molecular flexibility index (Phi) is 4.72. The number of hydrogen-bond acceptors (Lipinski definition) is 5. The number of carbonyl (C=O) groups is 1. The third-order valence-electron chi connectivity index (χ3n) is 7.71. The molecular formula is C24H32O5. The van der Waals surface area contributed by atoms with Gasteiger partial charge in [-0.25, -0.2) is 0 Å². The van der Waals surface area contributed by atoms with Crippen molar-refractivity contribution in [1.82, 2.24) is 0 Å². The SMILES string of the molecule is CC1=C2[C@@H]3OC(=O)C(C)(C)[C@@]3(O)[C@H](OCc3ccccc3)C[C@](C)(O)[C@H]2C[C@H]1C. The second-order valence-corrected chi connectivity index (χ2v) is 9.91. The molecule has 1 heterocycles. The predicted octanol–water partition coefficient (Wildman–Crippen LogP) is 3.38. The molecule has 1 saturated heterocycles. The predicted molar refractivity (Wildman–Crippen MR) is 109 cm³/mol. The smallest absolute Gasteiger partial charge is 0.315 e. The first-order valence-electron chi connectivity index (χ1n) is 10.5. The summed E-state index contributed by atoms with van der Waals surface area (Å²) in [6, 6.07) is 9.73. The molecule has 1 aromatic carbocycles. The molecule has 0 aromatic heterocycles. The Balaban J connectivity index is 1.80. The molecular weight excluding hydrogens is 368 g/mol. The van der Waals surface area contributed by atoms with Gasteiger partial charge in [0, 0.05) is 12.3 Å². The van der Waals surface area contributed by atoms with Gasteiger partial charge in [0.2, 0.25) is 0 Å². The molecule has 0 spiro atoms. The normalized spacial score (nSPS) is 41.0. The van der Waals surface area contributed by atoms with Crippen LogP contribution in [0.5, 0.6) is 0 Å². The van der Waals surface area contributed by atoms with Crippen LogP contribution >= 0.6 is 0 Å². The number of rotatable bonds is 3. The zero-order valence-electron chi connectivity index (χ0n) is 17.9. The molecule has 5 heteroatoms. The number of fused-ring (bicyclic) bond motifs is 3. The van der Waals surface area contributed by atoms with Crippen LogP contribution < -0.4 is 0 Å². The van der Waals surface area contributed by atoms with Crippen LogP contribution in [-0.4, -0.2) is 39.6 Å². The van der Waals surface area contributed by atoms with Crippen LogP contribution in [0.4, 0.5) is 0 Å². The van der Waals surface area contributed by atoms with E-state index in [2.05, 4.69) is 6.92 Å². The lowest BCUT2D eigenvalue weighted by Gasteiger charge is -2.42. The van der Waals surface area contributed by atoms with E-state index in [0.29, 0.717) is 6.61 Å². The van der Waals surface area contributed by atoms with Gasteiger partial charge in [0.1, 0.15) is 5.60 Å². The van der Waals surface area contributed by atoms with Crippen molar-refractivity contribution in [2.24, 2.45) is 17.3 Å². The largest absolute Gasteiger partial charge is 0.454 e. The average molecular weight is 401 g/mol.